The van der Waals surface area contributed by atoms with E-state index in [1.807, 2.05) is 0 Å². The van der Waals surface area contributed by atoms with E-state index < -0.39 is 29.2 Å². The quantitative estimate of drug-likeness (QED) is 0.281. The van der Waals surface area contributed by atoms with Gasteiger partial charge in [0.25, 0.3) is 0 Å². The van der Waals surface area contributed by atoms with Crippen LogP contribution in [-0.4, -0.2) is 45.1 Å². The summed E-state index contributed by atoms with van der Waals surface area (Å²) in [5.41, 5.74) is 0.386. The van der Waals surface area contributed by atoms with E-state index in [-0.39, 0.29) is 23.0 Å². The number of rotatable bonds is 7. The molecule has 0 unspecified atom stereocenters. The zero-order valence-electron chi connectivity index (χ0n) is 21.5. The molecule has 1 aliphatic rings. The molecule has 0 radical (unpaired) electrons. The predicted molar refractivity (Wildman–Crippen MR) is 136 cm³/mol. The fraction of sp³-hybridized carbons (Fsp3) is 0.385. The molecular formula is C26H27ClF3N5O4. The molecule has 208 valence electrons. The van der Waals surface area contributed by atoms with Gasteiger partial charge in [-0.05, 0) is 68.8 Å². The number of carbonyl (C=O) groups is 2. The maximum atomic E-state index is 13.0. The molecule has 0 saturated heterocycles. The summed E-state index contributed by atoms with van der Waals surface area (Å²) < 4.78 is 48.6. The largest absolute Gasteiger partial charge is 0.462 e. The molecule has 9 nitrogen and oxygen atoms in total. The molecule has 0 aliphatic heterocycles. The Morgan fingerprint density at radius 1 is 0.949 bits per heavy atom. The summed E-state index contributed by atoms with van der Waals surface area (Å²) in [5, 5.41) is 3.35. The minimum absolute atomic E-state index is 0.114. The fourth-order valence-corrected chi connectivity index (χ4v) is 3.95. The van der Waals surface area contributed by atoms with Crippen LogP contribution in [0.5, 0.6) is 0 Å². The third-order valence-corrected chi connectivity index (χ3v) is 6.13. The molecule has 4 rings (SSSR count). The van der Waals surface area contributed by atoms with Crippen LogP contribution in [0.4, 0.5) is 19.1 Å². The lowest BCUT2D eigenvalue weighted by Crippen LogP contribution is -2.42. The van der Waals surface area contributed by atoms with Crippen molar-refractivity contribution in [2.45, 2.75) is 51.7 Å². The van der Waals surface area contributed by atoms with Crippen molar-refractivity contribution in [3.63, 3.8) is 0 Å². The monoisotopic (exact) mass is 565 g/mol. The van der Waals surface area contributed by atoms with Gasteiger partial charge in [-0.3, -0.25) is 0 Å². The van der Waals surface area contributed by atoms with E-state index in [2.05, 4.69) is 25.3 Å². The van der Waals surface area contributed by atoms with Gasteiger partial charge in [-0.25, -0.2) is 29.5 Å². The van der Waals surface area contributed by atoms with Gasteiger partial charge in [-0.1, -0.05) is 12.1 Å². The molecule has 2 aromatic heterocycles. The third-order valence-electron chi connectivity index (χ3n) is 5.94. The Hall–Kier alpha value is -3.80. The second-order valence-electron chi connectivity index (χ2n) is 8.57. The van der Waals surface area contributed by atoms with Crippen molar-refractivity contribution in [2.24, 2.45) is 0 Å². The molecule has 2 heterocycles. The van der Waals surface area contributed by atoms with E-state index in [4.69, 9.17) is 21.1 Å². The molecule has 3 aromatic rings. The summed E-state index contributed by atoms with van der Waals surface area (Å²) in [5.74, 6) is -0.616. The van der Waals surface area contributed by atoms with Crippen LogP contribution in [0.1, 0.15) is 70.5 Å². The van der Waals surface area contributed by atoms with Crippen molar-refractivity contribution in [3.05, 3.63) is 76.1 Å². The number of nitrogens with zero attached hydrogens (tertiary/aromatic N) is 4. The normalized spacial score (nSPS) is 13.8. The molecule has 1 aromatic carbocycles. The van der Waals surface area contributed by atoms with Gasteiger partial charge >= 0.3 is 18.1 Å². The lowest BCUT2D eigenvalue weighted by atomic mass is 9.71. The summed E-state index contributed by atoms with van der Waals surface area (Å²) in [4.78, 5) is 38.2. The van der Waals surface area contributed by atoms with Crippen LogP contribution in [0.2, 0.25) is 5.28 Å². The van der Waals surface area contributed by atoms with Crippen LogP contribution < -0.4 is 5.32 Å². The van der Waals surface area contributed by atoms with Crippen molar-refractivity contribution in [2.75, 3.05) is 18.5 Å². The Kier molecular flexibility index (Phi) is 9.79. The molecule has 1 aliphatic carbocycles. The highest BCUT2D eigenvalue weighted by molar-refractivity contribution is 6.28. The average molecular weight is 566 g/mol. The van der Waals surface area contributed by atoms with Gasteiger partial charge in [0.1, 0.15) is 0 Å². The molecular weight excluding hydrogens is 539 g/mol. The molecule has 1 N–H and O–H groups in total. The van der Waals surface area contributed by atoms with Crippen molar-refractivity contribution in [3.8, 4) is 0 Å². The van der Waals surface area contributed by atoms with E-state index in [0.717, 1.165) is 30.9 Å². The number of hydrogen-bond acceptors (Lipinski definition) is 9. The van der Waals surface area contributed by atoms with Crippen LogP contribution in [0.25, 0.3) is 0 Å². The Bertz CT molecular complexity index is 1280. The van der Waals surface area contributed by atoms with E-state index >= 15 is 0 Å². The Morgan fingerprint density at radius 2 is 1.46 bits per heavy atom. The fourth-order valence-electron chi connectivity index (χ4n) is 3.85. The molecule has 39 heavy (non-hydrogen) atoms. The zero-order chi connectivity index (χ0) is 28.6. The number of nitrogens with one attached hydrogen (secondary N) is 1. The predicted octanol–water partition coefficient (Wildman–Crippen LogP) is 5.78. The first-order valence-electron chi connectivity index (χ1n) is 12.1. The number of benzene rings is 1. The van der Waals surface area contributed by atoms with Gasteiger partial charge in [0.15, 0.2) is 0 Å². The zero-order valence-corrected chi connectivity index (χ0v) is 22.3. The summed E-state index contributed by atoms with van der Waals surface area (Å²) in [6.45, 7) is 5.50. The number of alkyl halides is 3. The second-order valence-corrected chi connectivity index (χ2v) is 8.90. The van der Waals surface area contributed by atoms with Crippen LogP contribution in [-0.2, 0) is 21.2 Å². The van der Waals surface area contributed by atoms with E-state index in [1.54, 1.807) is 19.9 Å². The van der Waals surface area contributed by atoms with Gasteiger partial charge in [-0.2, -0.15) is 13.2 Å². The number of anilines is 1. The SMILES string of the molecule is CCOC(=O)c1cnc(Cl)nc1.CCOC(=O)c1cnc(NC2(c3ccc(C(F)(F)F)c(C)c3)CCC2)nc1. The minimum Gasteiger partial charge on any atom is -0.462 e. The summed E-state index contributed by atoms with van der Waals surface area (Å²) in [6, 6.07) is 4.20. The van der Waals surface area contributed by atoms with E-state index in [1.165, 1.54) is 37.8 Å². The van der Waals surface area contributed by atoms with Gasteiger partial charge in [0, 0.05) is 24.8 Å². The highest BCUT2D eigenvalue weighted by Gasteiger charge is 2.41. The third kappa shape index (κ3) is 7.62. The first-order valence-corrected chi connectivity index (χ1v) is 12.5. The lowest BCUT2D eigenvalue weighted by Gasteiger charge is -2.43. The lowest BCUT2D eigenvalue weighted by molar-refractivity contribution is -0.138. The molecule has 0 atom stereocenters. The summed E-state index contributed by atoms with van der Waals surface area (Å²) >= 11 is 5.42. The Morgan fingerprint density at radius 3 is 1.87 bits per heavy atom. The maximum absolute atomic E-state index is 13.0. The summed E-state index contributed by atoms with van der Waals surface area (Å²) in [6.07, 6.45) is 3.51. The van der Waals surface area contributed by atoms with Gasteiger partial charge in [0.05, 0.1) is 35.4 Å². The smallest absolute Gasteiger partial charge is 0.416 e. The Labute approximate surface area is 228 Å². The number of aromatic nitrogens is 4. The average Bonchev–Trinajstić information content (AvgIpc) is 2.87. The van der Waals surface area contributed by atoms with E-state index in [9.17, 15) is 22.8 Å². The maximum Gasteiger partial charge on any atom is 0.416 e. The Balaban J connectivity index is 0.000000293. The molecule has 0 bridgehead atoms. The van der Waals surface area contributed by atoms with Crippen molar-refractivity contribution in [1.82, 2.24) is 19.9 Å². The van der Waals surface area contributed by atoms with Gasteiger partial charge in [0.2, 0.25) is 11.2 Å². The first-order chi connectivity index (χ1) is 18.5. The number of esters is 2. The first kappa shape index (κ1) is 29.8. The topological polar surface area (TPSA) is 116 Å². The van der Waals surface area contributed by atoms with Crippen molar-refractivity contribution in [1.29, 1.82) is 0 Å². The minimum atomic E-state index is -4.37. The molecule has 1 fully saturated rings. The van der Waals surface area contributed by atoms with Crippen LogP contribution >= 0.6 is 11.6 Å². The molecule has 13 heteroatoms. The van der Waals surface area contributed by atoms with Crippen molar-refractivity contribution >= 4 is 29.5 Å². The number of carbonyl (C=O) groups excluding carboxylic acids is 2. The standard InChI is InChI=1S/C19H20F3N3O2.C7H7ClN2O2/c1-3-27-16(26)13-10-23-17(24-11-13)25-18(7-4-8-18)14-5-6-15(12(2)9-14)19(20,21)22;1-2-12-6(11)5-3-9-7(8)10-4-5/h5-6,9-11H,3-4,7-8H2,1-2H3,(H,23,24,25);3-4H,2H2,1H3. The van der Waals surface area contributed by atoms with Gasteiger partial charge in [-0.15, -0.1) is 0 Å². The summed E-state index contributed by atoms with van der Waals surface area (Å²) in [7, 11) is 0. The van der Waals surface area contributed by atoms with Crippen LogP contribution in [0.3, 0.4) is 0 Å². The number of halogens is 4. The molecule has 0 amide bonds. The van der Waals surface area contributed by atoms with Crippen LogP contribution in [0.15, 0.2) is 43.0 Å². The van der Waals surface area contributed by atoms with Crippen LogP contribution in [0, 0.1) is 6.92 Å². The van der Waals surface area contributed by atoms with Crippen molar-refractivity contribution < 1.29 is 32.2 Å². The molecule has 0 spiro atoms. The molecule has 1 saturated carbocycles. The number of aryl methyl sites for hydroxylation is 1. The highest BCUT2D eigenvalue weighted by atomic mass is 35.5. The number of ether oxygens (including phenoxy) is 2. The number of hydrogen-bond donors (Lipinski definition) is 1. The van der Waals surface area contributed by atoms with E-state index in [0.29, 0.717) is 18.1 Å². The second kappa shape index (κ2) is 12.8. The van der Waals surface area contributed by atoms with Gasteiger partial charge < -0.3 is 14.8 Å². The highest BCUT2D eigenvalue weighted by Crippen LogP contribution is 2.45.